The third kappa shape index (κ3) is 4.73. The second kappa shape index (κ2) is 6.69. The minimum Gasteiger partial charge on any atom is -0.473 e. The number of carbonyl (C=O) groups excluding carboxylic acids is 1. The van der Waals surface area contributed by atoms with E-state index in [9.17, 15) is 4.79 Å². The van der Waals surface area contributed by atoms with Crippen molar-refractivity contribution >= 4 is 17.7 Å². The first-order valence-corrected chi connectivity index (χ1v) is 7.76. The number of likely N-dealkylation sites (tertiary alicyclic amines) is 1. The molecule has 0 radical (unpaired) electrons. The van der Waals surface area contributed by atoms with Crippen molar-refractivity contribution in [2.45, 2.75) is 58.3 Å². The van der Waals surface area contributed by atoms with Gasteiger partial charge in [-0.25, -0.2) is 4.79 Å². The minimum absolute atomic E-state index is 0.0125. The van der Waals surface area contributed by atoms with E-state index in [4.69, 9.17) is 21.1 Å². The number of hydrogen-bond donors (Lipinski definition) is 0. The molecule has 0 aliphatic carbocycles. The minimum atomic E-state index is -0.486. The molecule has 0 bridgehead atoms. The van der Waals surface area contributed by atoms with Crippen LogP contribution in [-0.2, 0) is 4.74 Å². The van der Waals surface area contributed by atoms with Crippen LogP contribution in [0.3, 0.4) is 0 Å². The monoisotopic (exact) mass is 327 g/mol. The number of piperidine rings is 1. The first-order valence-electron chi connectivity index (χ1n) is 7.38. The molecule has 1 aromatic rings. The van der Waals surface area contributed by atoms with Crippen molar-refractivity contribution in [1.29, 1.82) is 0 Å². The lowest BCUT2D eigenvalue weighted by atomic mass is 10.0. The Labute approximate surface area is 135 Å². The molecule has 1 aliphatic rings. The average Bonchev–Trinajstić information content (AvgIpc) is 2.36. The number of nitrogens with zero attached hydrogens (tertiary/aromatic N) is 3. The van der Waals surface area contributed by atoms with Crippen LogP contribution >= 0.6 is 11.6 Å². The van der Waals surface area contributed by atoms with Gasteiger partial charge in [-0.1, -0.05) is 11.6 Å². The number of ether oxygens (including phenoxy) is 2. The Hall–Kier alpha value is -1.56. The Kier molecular flexibility index (Phi) is 5.11. The second-order valence-corrected chi connectivity index (χ2v) is 6.85. The predicted molar refractivity (Wildman–Crippen MR) is 83.1 cm³/mol. The molecule has 6 nitrogen and oxygen atoms in total. The standard InChI is InChI=1S/C15H22ClN3O3/c1-10-7-11(21-13-9-17-8-12(16)18-13)5-6-19(10)14(20)22-15(2,3)4/h8-11H,5-7H2,1-4H3. The maximum Gasteiger partial charge on any atom is 0.410 e. The lowest BCUT2D eigenvalue weighted by Gasteiger charge is -2.38. The van der Waals surface area contributed by atoms with E-state index < -0.39 is 5.60 Å². The lowest BCUT2D eigenvalue weighted by Crippen LogP contribution is -2.49. The van der Waals surface area contributed by atoms with E-state index in [1.165, 1.54) is 12.4 Å². The van der Waals surface area contributed by atoms with E-state index in [0.29, 0.717) is 24.0 Å². The van der Waals surface area contributed by atoms with Gasteiger partial charge in [-0.15, -0.1) is 0 Å². The molecule has 1 amide bonds. The van der Waals surface area contributed by atoms with Crippen molar-refractivity contribution in [1.82, 2.24) is 14.9 Å². The molecule has 2 rings (SSSR count). The van der Waals surface area contributed by atoms with Gasteiger partial charge < -0.3 is 14.4 Å². The molecule has 2 atom stereocenters. The van der Waals surface area contributed by atoms with E-state index in [-0.39, 0.29) is 18.2 Å². The third-order valence-electron chi connectivity index (χ3n) is 3.33. The molecule has 0 saturated carbocycles. The van der Waals surface area contributed by atoms with Crippen LogP contribution in [0.15, 0.2) is 12.4 Å². The Morgan fingerprint density at radius 1 is 1.41 bits per heavy atom. The van der Waals surface area contributed by atoms with Crippen LogP contribution in [0, 0.1) is 0 Å². The van der Waals surface area contributed by atoms with E-state index in [1.54, 1.807) is 4.90 Å². The molecule has 1 fully saturated rings. The summed E-state index contributed by atoms with van der Waals surface area (Å²) >= 11 is 5.79. The molecule has 2 unspecified atom stereocenters. The quantitative estimate of drug-likeness (QED) is 0.834. The van der Waals surface area contributed by atoms with Crippen molar-refractivity contribution in [3.8, 4) is 5.88 Å². The lowest BCUT2D eigenvalue weighted by molar-refractivity contribution is -0.00154. The summed E-state index contributed by atoms with van der Waals surface area (Å²) in [6.45, 7) is 8.17. The van der Waals surface area contributed by atoms with Crippen molar-refractivity contribution in [3.63, 3.8) is 0 Å². The van der Waals surface area contributed by atoms with E-state index in [0.717, 1.165) is 6.42 Å². The van der Waals surface area contributed by atoms with Gasteiger partial charge in [0.2, 0.25) is 5.88 Å². The van der Waals surface area contributed by atoms with Gasteiger partial charge in [0.15, 0.2) is 5.15 Å². The van der Waals surface area contributed by atoms with Gasteiger partial charge in [0, 0.05) is 25.4 Å². The molecule has 0 N–H and O–H groups in total. The average molecular weight is 328 g/mol. The molecule has 7 heteroatoms. The number of rotatable bonds is 2. The SMILES string of the molecule is CC1CC(Oc2cncc(Cl)n2)CCN1C(=O)OC(C)(C)C. The highest BCUT2D eigenvalue weighted by Gasteiger charge is 2.32. The summed E-state index contributed by atoms with van der Waals surface area (Å²) in [5.74, 6) is 0.412. The molecule has 22 heavy (non-hydrogen) atoms. The summed E-state index contributed by atoms with van der Waals surface area (Å²) in [7, 11) is 0. The van der Waals surface area contributed by atoms with Crippen molar-refractivity contribution < 1.29 is 14.3 Å². The molecular weight excluding hydrogens is 306 g/mol. The zero-order chi connectivity index (χ0) is 16.3. The summed E-state index contributed by atoms with van der Waals surface area (Å²) in [6.07, 6.45) is 4.15. The van der Waals surface area contributed by atoms with Crippen LogP contribution in [0.4, 0.5) is 4.79 Å². The van der Waals surface area contributed by atoms with Crippen LogP contribution in [0.25, 0.3) is 0 Å². The zero-order valence-electron chi connectivity index (χ0n) is 13.4. The topological polar surface area (TPSA) is 64.6 Å². The van der Waals surface area contributed by atoms with E-state index in [2.05, 4.69) is 9.97 Å². The number of halogens is 1. The van der Waals surface area contributed by atoms with Crippen LogP contribution in [0.5, 0.6) is 5.88 Å². The van der Waals surface area contributed by atoms with Gasteiger partial charge in [0.1, 0.15) is 11.7 Å². The largest absolute Gasteiger partial charge is 0.473 e. The van der Waals surface area contributed by atoms with Crippen LogP contribution in [-0.4, -0.2) is 45.3 Å². The van der Waals surface area contributed by atoms with Crippen LogP contribution < -0.4 is 4.74 Å². The smallest absolute Gasteiger partial charge is 0.410 e. The maximum atomic E-state index is 12.2. The van der Waals surface area contributed by atoms with Gasteiger partial charge in [-0.2, -0.15) is 4.98 Å². The Morgan fingerprint density at radius 2 is 2.14 bits per heavy atom. The fourth-order valence-corrected chi connectivity index (χ4v) is 2.52. The summed E-state index contributed by atoms with van der Waals surface area (Å²) < 4.78 is 11.2. The normalized spacial score (nSPS) is 22.3. The number of amides is 1. The fourth-order valence-electron chi connectivity index (χ4n) is 2.38. The highest BCUT2D eigenvalue weighted by Crippen LogP contribution is 2.23. The fraction of sp³-hybridized carbons (Fsp3) is 0.667. The predicted octanol–water partition coefficient (Wildman–Crippen LogP) is 3.30. The second-order valence-electron chi connectivity index (χ2n) is 6.47. The van der Waals surface area contributed by atoms with Crippen LogP contribution in [0.2, 0.25) is 5.15 Å². The first kappa shape index (κ1) is 16.8. The molecule has 1 saturated heterocycles. The van der Waals surface area contributed by atoms with Crippen LogP contribution in [0.1, 0.15) is 40.5 Å². The number of carbonyl (C=O) groups is 1. The summed E-state index contributed by atoms with van der Waals surface area (Å²) in [4.78, 5) is 21.9. The molecule has 1 aromatic heterocycles. The first-order chi connectivity index (χ1) is 10.2. The Morgan fingerprint density at radius 3 is 2.73 bits per heavy atom. The van der Waals surface area contributed by atoms with Gasteiger partial charge >= 0.3 is 6.09 Å². The Bertz CT molecular complexity index is 533. The Balaban J connectivity index is 1.91. The summed E-state index contributed by atoms with van der Waals surface area (Å²) in [6, 6.07) is 0.0424. The summed E-state index contributed by atoms with van der Waals surface area (Å²) in [5.41, 5.74) is -0.486. The molecule has 1 aliphatic heterocycles. The third-order valence-corrected chi connectivity index (χ3v) is 3.51. The van der Waals surface area contributed by atoms with Crippen molar-refractivity contribution in [2.24, 2.45) is 0 Å². The number of aromatic nitrogens is 2. The van der Waals surface area contributed by atoms with Gasteiger partial charge in [-0.05, 0) is 27.7 Å². The van der Waals surface area contributed by atoms with Crippen molar-refractivity contribution in [3.05, 3.63) is 17.5 Å². The molecule has 2 heterocycles. The highest BCUT2D eigenvalue weighted by molar-refractivity contribution is 6.29. The molecular formula is C15H22ClN3O3. The number of hydrogen-bond acceptors (Lipinski definition) is 5. The summed E-state index contributed by atoms with van der Waals surface area (Å²) in [5, 5.41) is 0.303. The zero-order valence-corrected chi connectivity index (χ0v) is 14.1. The van der Waals surface area contributed by atoms with Gasteiger partial charge in [0.25, 0.3) is 0 Å². The van der Waals surface area contributed by atoms with Crippen molar-refractivity contribution in [2.75, 3.05) is 6.54 Å². The maximum absolute atomic E-state index is 12.2. The molecule has 0 spiro atoms. The van der Waals surface area contributed by atoms with Gasteiger partial charge in [-0.3, -0.25) is 4.98 Å². The molecule has 122 valence electrons. The van der Waals surface area contributed by atoms with E-state index >= 15 is 0 Å². The van der Waals surface area contributed by atoms with E-state index in [1.807, 2.05) is 27.7 Å². The highest BCUT2D eigenvalue weighted by atomic mass is 35.5. The molecule has 0 aromatic carbocycles. The van der Waals surface area contributed by atoms with Gasteiger partial charge in [0.05, 0.1) is 12.4 Å².